The number of nitrogen functional groups attached to an aromatic ring is 1. The number of likely N-dealkylation sites (tertiary alicyclic amines) is 1. The van der Waals surface area contributed by atoms with Crippen LogP contribution in [-0.4, -0.2) is 60.3 Å². The highest BCUT2D eigenvalue weighted by molar-refractivity contribution is 5.44. The minimum absolute atomic E-state index is 0.0155. The maximum atomic E-state index is 6.12. The van der Waals surface area contributed by atoms with Gasteiger partial charge in [0.05, 0.1) is 12.2 Å². The Bertz CT molecular complexity index is 464. The number of nitrogens with zero attached hydrogens (tertiary/aromatic N) is 4. The zero-order valence-electron chi connectivity index (χ0n) is 12.3. The standard InChI is InChI=1S/C14H23N5O/c1-11-9-12(17-13(15)16-11)19-7-8-20-14(10-19)3-5-18(2)6-4-14/h9H,3-8,10H2,1-2H3,(H2,15,16,17). The Morgan fingerprint density at radius 3 is 2.70 bits per heavy atom. The Balaban J connectivity index is 1.78. The van der Waals surface area contributed by atoms with E-state index in [0.29, 0.717) is 5.95 Å². The lowest BCUT2D eigenvalue weighted by Crippen LogP contribution is -2.56. The number of rotatable bonds is 1. The lowest BCUT2D eigenvalue weighted by Gasteiger charge is -2.47. The number of piperidine rings is 1. The van der Waals surface area contributed by atoms with Crippen molar-refractivity contribution in [2.24, 2.45) is 0 Å². The maximum absolute atomic E-state index is 6.12. The summed E-state index contributed by atoms with van der Waals surface area (Å²) < 4.78 is 6.12. The average molecular weight is 277 g/mol. The van der Waals surface area contributed by atoms with Gasteiger partial charge in [-0.3, -0.25) is 0 Å². The first-order valence-corrected chi connectivity index (χ1v) is 7.25. The fraction of sp³-hybridized carbons (Fsp3) is 0.714. The highest BCUT2D eigenvalue weighted by atomic mass is 16.5. The number of aromatic nitrogens is 2. The number of anilines is 2. The predicted octanol–water partition coefficient (Wildman–Crippen LogP) is 0.668. The van der Waals surface area contributed by atoms with Gasteiger partial charge in [-0.05, 0) is 26.8 Å². The molecular formula is C14H23N5O. The van der Waals surface area contributed by atoms with Crippen LogP contribution < -0.4 is 10.6 Å². The van der Waals surface area contributed by atoms with Gasteiger partial charge in [0.2, 0.25) is 5.95 Å². The van der Waals surface area contributed by atoms with E-state index in [2.05, 4.69) is 26.8 Å². The van der Waals surface area contributed by atoms with E-state index in [0.717, 1.165) is 57.1 Å². The van der Waals surface area contributed by atoms with Crippen molar-refractivity contribution in [2.45, 2.75) is 25.4 Å². The summed E-state index contributed by atoms with van der Waals surface area (Å²) in [6, 6.07) is 2.00. The largest absolute Gasteiger partial charge is 0.371 e. The van der Waals surface area contributed by atoms with Crippen LogP contribution in [0, 0.1) is 6.92 Å². The molecule has 3 rings (SSSR count). The fourth-order valence-electron chi connectivity index (χ4n) is 3.11. The van der Waals surface area contributed by atoms with E-state index in [1.807, 2.05) is 13.0 Å². The van der Waals surface area contributed by atoms with E-state index in [1.54, 1.807) is 0 Å². The zero-order chi connectivity index (χ0) is 14.2. The number of morpholine rings is 1. The minimum Gasteiger partial charge on any atom is -0.371 e. The molecule has 0 amide bonds. The van der Waals surface area contributed by atoms with Gasteiger partial charge in [-0.1, -0.05) is 0 Å². The Morgan fingerprint density at radius 1 is 1.25 bits per heavy atom. The summed E-state index contributed by atoms with van der Waals surface area (Å²) in [6.45, 7) is 6.67. The van der Waals surface area contributed by atoms with Crippen molar-refractivity contribution in [1.29, 1.82) is 0 Å². The third-order valence-corrected chi connectivity index (χ3v) is 4.33. The molecule has 110 valence electrons. The van der Waals surface area contributed by atoms with Gasteiger partial charge in [0.15, 0.2) is 0 Å². The SMILES string of the molecule is Cc1cc(N2CCOC3(CCN(C)CC3)C2)nc(N)n1. The molecule has 0 aromatic carbocycles. The molecule has 2 saturated heterocycles. The molecule has 0 radical (unpaired) electrons. The molecule has 2 aliphatic rings. The topological polar surface area (TPSA) is 67.5 Å². The number of aryl methyl sites for hydroxylation is 1. The first-order valence-electron chi connectivity index (χ1n) is 7.25. The van der Waals surface area contributed by atoms with Crippen LogP contribution in [-0.2, 0) is 4.74 Å². The molecular weight excluding hydrogens is 254 g/mol. The highest BCUT2D eigenvalue weighted by Gasteiger charge is 2.39. The molecule has 0 unspecified atom stereocenters. The van der Waals surface area contributed by atoms with Crippen LogP contribution in [0.1, 0.15) is 18.5 Å². The molecule has 3 heterocycles. The zero-order valence-corrected chi connectivity index (χ0v) is 12.3. The van der Waals surface area contributed by atoms with Gasteiger partial charge in [-0.2, -0.15) is 4.98 Å². The second-order valence-electron chi connectivity index (χ2n) is 5.98. The first-order chi connectivity index (χ1) is 9.56. The molecule has 0 atom stereocenters. The molecule has 2 N–H and O–H groups in total. The predicted molar refractivity (Wildman–Crippen MR) is 78.8 cm³/mol. The summed E-state index contributed by atoms with van der Waals surface area (Å²) in [5.74, 6) is 1.28. The summed E-state index contributed by atoms with van der Waals surface area (Å²) >= 11 is 0. The molecule has 20 heavy (non-hydrogen) atoms. The molecule has 2 aliphatic heterocycles. The van der Waals surface area contributed by atoms with Crippen molar-refractivity contribution >= 4 is 11.8 Å². The van der Waals surface area contributed by atoms with Gasteiger partial charge in [-0.15, -0.1) is 0 Å². The molecule has 0 saturated carbocycles. The summed E-state index contributed by atoms with van der Waals surface area (Å²) in [4.78, 5) is 13.2. The fourth-order valence-corrected chi connectivity index (χ4v) is 3.11. The van der Waals surface area contributed by atoms with E-state index in [1.165, 1.54) is 0 Å². The highest BCUT2D eigenvalue weighted by Crippen LogP contribution is 2.31. The van der Waals surface area contributed by atoms with Crippen LogP contribution in [0.2, 0.25) is 0 Å². The smallest absolute Gasteiger partial charge is 0.222 e. The summed E-state index contributed by atoms with van der Waals surface area (Å²) in [6.07, 6.45) is 2.17. The van der Waals surface area contributed by atoms with Crippen LogP contribution >= 0.6 is 0 Å². The average Bonchev–Trinajstić information content (AvgIpc) is 2.42. The Hall–Kier alpha value is -1.40. The third-order valence-electron chi connectivity index (χ3n) is 4.33. The number of nitrogens with two attached hydrogens (primary N) is 1. The summed E-state index contributed by atoms with van der Waals surface area (Å²) in [7, 11) is 2.17. The van der Waals surface area contributed by atoms with Crippen molar-refractivity contribution in [2.75, 3.05) is 50.5 Å². The van der Waals surface area contributed by atoms with Crippen LogP contribution in [0.25, 0.3) is 0 Å². The van der Waals surface area contributed by atoms with Gasteiger partial charge in [0, 0.05) is 37.9 Å². The molecule has 0 bridgehead atoms. The minimum atomic E-state index is -0.0155. The monoisotopic (exact) mass is 277 g/mol. The van der Waals surface area contributed by atoms with Crippen LogP contribution in [0.3, 0.4) is 0 Å². The molecule has 1 spiro atoms. The molecule has 6 heteroatoms. The molecule has 2 fully saturated rings. The van der Waals surface area contributed by atoms with E-state index >= 15 is 0 Å². The van der Waals surface area contributed by atoms with Gasteiger partial charge in [-0.25, -0.2) is 4.98 Å². The lowest BCUT2D eigenvalue weighted by atomic mass is 9.89. The number of ether oxygens (including phenoxy) is 1. The number of hydrogen-bond acceptors (Lipinski definition) is 6. The van der Waals surface area contributed by atoms with Crippen molar-refractivity contribution in [3.05, 3.63) is 11.8 Å². The Labute approximate surface area is 119 Å². The van der Waals surface area contributed by atoms with E-state index < -0.39 is 0 Å². The second kappa shape index (κ2) is 5.18. The third kappa shape index (κ3) is 2.71. The Kier molecular flexibility index (Phi) is 3.52. The molecule has 1 aromatic heterocycles. The van der Waals surface area contributed by atoms with Crippen molar-refractivity contribution in [3.63, 3.8) is 0 Å². The first kappa shape index (κ1) is 13.6. The van der Waals surface area contributed by atoms with Gasteiger partial charge in [0.25, 0.3) is 0 Å². The van der Waals surface area contributed by atoms with E-state index in [-0.39, 0.29) is 5.60 Å². The van der Waals surface area contributed by atoms with Crippen molar-refractivity contribution in [3.8, 4) is 0 Å². The van der Waals surface area contributed by atoms with Crippen LogP contribution in [0.5, 0.6) is 0 Å². The lowest BCUT2D eigenvalue weighted by molar-refractivity contribution is -0.0884. The molecule has 0 aliphatic carbocycles. The normalized spacial score (nSPS) is 23.2. The molecule has 6 nitrogen and oxygen atoms in total. The van der Waals surface area contributed by atoms with Crippen LogP contribution in [0.15, 0.2) is 6.07 Å². The van der Waals surface area contributed by atoms with Crippen molar-refractivity contribution in [1.82, 2.24) is 14.9 Å². The van der Waals surface area contributed by atoms with E-state index in [4.69, 9.17) is 10.5 Å². The quantitative estimate of drug-likeness (QED) is 0.814. The van der Waals surface area contributed by atoms with E-state index in [9.17, 15) is 0 Å². The number of hydrogen-bond donors (Lipinski definition) is 1. The maximum Gasteiger partial charge on any atom is 0.222 e. The summed E-state index contributed by atoms with van der Waals surface area (Å²) in [5.41, 5.74) is 6.67. The summed E-state index contributed by atoms with van der Waals surface area (Å²) in [5, 5.41) is 0. The van der Waals surface area contributed by atoms with Crippen LogP contribution in [0.4, 0.5) is 11.8 Å². The molecule has 1 aromatic rings. The Morgan fingerprint density at radius 2 is 2.00 bits per heavy atom. The van der Waals surface area contributed by atoms with Gasteiger partial charge in [0.1, 0.15) is 5.82 Å². The van der Waals surface area contributed by atoms with Gasteiger partial charge >= 0.3 is 0 Å². The van der Waals surface area contributed by atoms with Gasteiger partial charge < -0.3 is 20.3 Å². The second-order valence-corrected chi connectivity index (χ2v) is 5.98. The van der Waals surface area contributed by atoms with Crippen molar-refractivity contribution < 1.29 is 4.74 Å².